The molecule has 16 heavy (non-hydrogen) atoms. The minimum atomic E-state index is -0.520. The zero-order valence-electron chi connectivity index (χ0n) is 8.78. The molecule has 2 rings (SSSR count). The molecule has 0 aromatic heterocycles. The molecule has 1 aliphatic carbocycles. The first-order chi connectivity index (χ1) is 7.66. The maximum atomic E-state index is 13.3. The number of nitrogens with one attached hydrogen (secondary N) is 1. The number of non-ortho nitro benzene ring substituents is 1. The Kier molecular flexibility index (Phi) is 3.03. The highest BCUT2D eigenvalue weighted by Gasteiger charge is 2.18. The predicted octanol–water partition coefficient (Wildman–Crippen LogP) is 2.95. The van der Waals surface area contributed by atoms with Crippen LogP contribution in [0.5, 0.6) is 0 Å². The van der Waals surface area contributed by atoms with Crippen molar-refractivity contribution in [3.8, 4) is 0 Å². The van der Waals surface area contributed by atoms with Crippen LogP contribution in [0.25, 0.3) is 0 Å². The molecule has 4 nitrogen and oxygen atoms in total. The number of benzene rings is 1. The Morgan fingerprint density at radius 2 is 2.25 bits per heavy atom. The van der Waals surface area contributed by atoms with Crippen LogP contribution >= 0.6 is 0 Å². The van der Waals surface area contributed by atoms with Crippen molar-refractivity contribution in [3.63, 3.8) is 0 Å². The van der Waals surface area contributed by atoms with E-state index in [2.05, 4.69) is 5.32 Å². The van der Waals surface area contributed by atoms with Gasteiger partial charge in [-0.3, -0.25) is 10.1 Å². The molecule has 0 bridgehead atoms. The monoisotopic (exact) mass is 224 g/mol. The Hall–Kier alpha value is -1.65. The average molecular weight is 224 g/mol. The summed E-state index contributed by atoms with van der Waals surface area (Å²) in [5.41, 5.74) is 0.138. The highest BCUT2D eigenvalue weighted by molar-refractivity contribution is 5.52. The van der Waals surface area contributed by atoms with E-state index in [1.807, 2.05) is 0 Å². The summed E-state index contributed by atoms with van der Waals surface area (Å²) in [6.07, 6.45) is 3.54. The fourth-order valence-electron chi connectivity index (χ4n) is 1.71. The van der Waals surface area contributed by atoms with E-state index in [4.69, 9.17) is 0 Å². The van der Waals surface area contributed by atoms with Crippen LogP contribution in [0.4, 0.5) is 15.8 Å². The minimum Gasteiger partial charge on any atom is -0.382 e. The van der Waals surface area contributed by atoms with E-state index in [1.165, 1.54) is 18.6 Å². The second kappa shape index (κ2) is 4.47. The zero-order chi connectivity index (χ0) is 11.5. The molecule has 0 radical (unpaired) electrons. The van der Waals surface area contributed by atoms with Gasteiger partial charge in [0.15, 0.2) is 0 Å². The van der Waals surface area contributed by atoms with Gasteiger partial charge in [0, 0.05) is 18.7 Å². The summed E-state index contributed by atoms with van der Waals surface area (Å²) in [5, 5.41) is 13.5. The van der Waals surface area contributed by atoms with E-state index in [-0.39, 0.29) is 11.4 Å². The smallest absolute Gasteiger partial charge is 0.271 e. The molecule has 86 valence electrons. The molecule has 0 atom stereocenters. The number of anilines is 1. The molecular formula is C11H13FN2O2. The Morgan fingerprint density at radius 1 is 1.50 bits per heavy atom. The third-order valence-corrected chi connectivity index (χ3v) is 2.97. The molecule has 0 aliphatic heterocycles. The summed E-state index contributed by atoms with van der Waals surface area (Å²) in [5.74, 6) is 0.142. The summed E-state index contributed by atoms with van der Waals surface area (Å²) in [6.45, 7) is 0.693. The van der Waals surface area contributed by atoms with Gasteiger partial charge in [-0.05, 0) is 24.8 Å². The number of hydrogen-bond acceptors (Lipinski definition) is 3. The van der Waals surface area contributed by atoms with Crippen molar-refractivity contribution in [1.29, 1.82) is 0 Å². The summed E-state index contributed by atoms with van der Waals surface area (Å²) < 4.78 is 13.3. The lowest BCUT2D eigenvalue weighted by atomic mass is 9.85. The van der Waals surface area contributed by atoms with Crippen LogP contribution in [0.15, 0.2) is 18.2 Å². The van der Waals surface area contributed by atoms with E-state index in [0.717, 1.165) is 18.9 Å². The molecule has 5 heteroatoms. The molecule has 0 heterocycles. The maximum Gasteiger partial charge on any atom is 0.271 e. The molecule has 0 saturated heterocycles. The van der Waals surface area contributed by atoms with Gasteiger partial charge >= 0.3 is 0 Å². The normalized spacial score (nSPS) is 15.6. The SMILES string of the molecule is O=[N+]([O-])c1ccc(F)c(NCC2CCC2)c1. The quantitative estimate of drug-likeness (QED) is 0.631. The molecule has 1 N–H and O–H groups in total. The van der Waals surface area contributed by atoms with Crippen LogP contribution in [-0.4, -0.2) is 11.5 Å². The van der Waals surface area contributed by atoms with Crippen LogP contribution < -0.4 is 5.32 Å². The number of nitro groups is 1. The standard InChI is InChI=1S/C11H13FN2O2/c12-10-5-4-9(14(15)16)6-11(10)13-7-8-2-1-3-8/h4-6,8,13H,1-3,7H2. The lowest BCUT2D eigenvalue weighted by Crippen LogP contribution is -2.21. The van der Waals surface area contributed by atoms with Gasteiger partial charge in [0.25, 0.3) is 5.69 Å². The van der Waals surface area contributed by atoms with Gasteiger partial charge in [0.2, 0.25) is 0 Å². The third-order valence-electron chi connectivity index (χ3n) is 2.97. The molecule has 0 spiro atoms. The Morgan fingerprint density at radius 3 is 2.81 bits per heavy atom. The predicted molar refractivity (Wildman–Crippen MR) is 58.9 cm³/mol. The molecular weight excluding hydrogens is 211 g/mol. The van der Waals surface area contributed by atoms with Crippen molar-refractivity contribution in [1.82, 2.24) is 0 Å². The second-order valence-electron chi connectivity index (χ2n) is 4.10. The minimum absolute atomic E-state index is 0.0856. The largest absolute Gasteiger partial charge is 0.382 e. The van der Waals surface area contributed by atoms with E-state index >= 15 is 0 Å². The van der Waals surface area contributed by atoms with Gasteiger partial charge < -0.3 is 5.32 Å². The van der Waals surface area contributed by atoms with E-state index in [0.29, 0.717) is 12.5 Å². The fourth-order valence-corrected chi connectivity index (χ4v) is 1.71. The number of nitro benzene ring substituents is 1. The van der Waals surface area contributed by atoms with Crippen LogP contribution in [0.2, 0.25) is 0 Å². The lowest BCUT2D eigenvalue weighted by Gasteiger charge is -2.25. The lowest BCUT2D eigenvalue weighted by molar-refractivity contribution is -0.384. The van der Waals surface area contributed by atoms with E-state index < -0.39 is 10.7 Å². The molecule has 0 amide bonds. The van der Waals surface area contributed by atoms with Crippen LogP contribution in [0, 0.1) is 21.8 Å². The van der Waals surface area contributed by atoms with Crippen molar-refractivity contribution in [2.75, 3.05) is 11.9 Å². The molecule has 0 unspecified atom stereocenters. The molecule has 1 aromatic rings. The number of halogens is 1. The first kappa shape index (κ1) is 10.9. The first-order valence-corrected chi connectivity index (χ1v) is 5.34. The summed E-state index contributed by atoms with van der Waals surface area (Å²) >= 11 is 0. The van der Waals surface area contributed by atoms with Crippen molar-refractivity contribution < 1.29 is 9.31 Å². The van der Waals surface area contributed by atoms with Gasteiger partial charge in [-0.25, -0.2) is 4.39 Å². The zero-order valence-corrected chi connectivity index (χ0v) is 8.78. The van der Waals surface area contributed by atoms with E-state index in [9.17, 15) is 14.5 Å². The van der Waals surface area contributed by atoms with E-state index in [1.54, 1.807) is 0 Å². The second-order valence-corrected chi connectivity index (χ2v) is 4.10. The molecule has 1 fully saturated rings. The van der Waals surface area contributed by atoms with Gasteiger partial charge in [0.05, 0.1) is 10.6 Å². The number of hydrogen-bond donors (Lipinski definition) is 1. The van der Waals surface area contributed by atoms with Crippen molar-refractivity contribution in [2.24, 2.45) is 5.92 Å². The Bertz CT molecular complexity index is 405. The van der Waals surface area contributed by atoms with Crippen molar-refractivity contribution in [3.05, 3.63) is 34.1 Å². The Balaban J connectivity index is 2.05. The molecule has 1 aromatic carbocycles. The van der Waals surface area contributed by atoms with Gasteiger partial charge in [-0.2, -0.15) is 0 Å². The van der Waals surface area contributed by atoms with Gasteiger partial charge in [-0.1, -0.05) is 6.42 Å². The van der Waals surface area contributed by atoms with Crippen LogP contribution in [0.3, 0.4) is 0 Å². The number of nitrogens with zero attached hydrogens (tertiary/aromatic N) is 1. The Labute approximate surface area is 92.6 Å². The van der Waals surface area contributed by atoms with Crippen LogP contribution in [-0.2, 0) is 0 Å². The highest BCUT2D eigenvalue weighted by atomic mass is 19.1. The first-order valence-electron chi connectivity index (χ1n) is 5.34. The third kappa shape index (κ3) is 2.29. The number of rotatable bonds is 4. The summed E-state index contributed by atoms with van der Waals surface area (Å²) in [4.78, 5) is 10.0. The van der Waals surface area contributed by atoms with Gasteiger partial charge in [0.1, 0.15) is 5.82 Å². The highest BCUT2D eigenvalue weighted by Crippen LogP contribution is 2.27. The summed E-state index contributed by atoms with van der Waals surface area (Å²) in [7, 11) is 0. The van der Waals surface area contributed by atoms with Gasteiger partial charge in [-0.15, -0.1) is 0 Å². The maximum absolute atomic E-state index is 13.3. The van der Waals surface area contributed by atoms with Crippen LogP contribution in [0.1, 0.15) is 19.3 Å². The molecule has 1 saturated carbocycles. The molecule has 1 aliphatic rings. The van der Waals surface area contributed by atoms with Crippen molar-refractivity contribution >= 4 is 11.4 Å². The topological polar surface area (TPSA) is 55.2 Å². The fraction of sp³-hybridized carbons (Fsp3) is 0.455. The van der Waals surface area contributed by atoms with Crippen molar-refractivity contribution in [2.45, 2.75) is 19.3 Å². The average Bonchev–Trinajstić information content (AvgIpc) is 2.18. The summed E-state index contributed by atoms with van der Waals surface area (Å²) in [6, 6.07) is 3.54.